The van der Waals surface area contributed by atoms with Crippen molar-refractivity contribution in [2.45, 2.75) is 64.8 Å². The summed E-state index contributed by atoms with van der Waals surface area (Å²) in [4.78, 5) is 46.3. The number of anilines is 2. The van der Waals surface area contributed by atoms with Gasteiger partial charge in [0.05, 0.1) is 5.41 Å². The molecule has 5 rings (SSSR count). The van der Waals surface area contributed by atoms with Crippen LogP contribution in [-0.4, -0.2) is 47.9 Å². The highest BCUT2D eigenvalue weighted by Gasteiger charge is 2.51. The highest BCUT2D eigenvalue weighted by molar-refractivity contribution is 6.06. The number of fused-ring (bicyclic) bond motifs is 3. The molecule has 0 radical (unpaired) electrons. The Morgan fingerprint density at radius 2 is 1.76 bits per heavy atom. The first-order valence-corrected chi connectivity index (χ1v) is 14.1. The van der Waals surface area contributed by atoms with Crippen LogP contribution in [0.3, 0.4) is 0 Å². The molecule has 2 aromatic carbocycles. The smallest absolute Gasteiger partial charge is 0.246 e. The van der Waals surface area contributed by atoms with E-state index < -0.39 is 23.2 Å². The Morgan fingerprint density at radius 3 is 2.48 bits per heavy atom. The first kappa shape index (κ1) is 29.4. The fraction of sp³-hybridized carbons (Fsp3) is 0.394. The van der Waals surface area contributed by atoms with Gasteiger partial charge in [0.25, 0.3) is 0 Å². The largest absolute Gasteiger partial charge is 0.352 e. The van der Waals surface area contributed by atoms with Crippen LogP contribution in [0.4, 0.5) is 11.5 Å². The quantitative estimate of drug-likeness (QED) is 0.378. The number of carbonyl (C=O) groups is 3. The van der Waals surface area contributed by atoms with E-state index in [1.54, 1.807) is 32.2 Å². The Morgan fingerprint density at radius 1 is 1.05 bits per heavy atom. The average molecular weight is 571 g/mol. The number of rotatable bonds is 8. The molecule has 2 N–H and O–H groups in total. The van der Waals surface area contributed by atoms with Crippen LogP contribution in [0.25, 0.3) is 0 Å². The molecule has 1 aliphatic heterocycles. The molecule has 3 aromatic rings. The van der Waals surface area contributed by atoms with Crippen LogP contribution in [0.2, 0.25) is 0 Å². The number of hydrogen-bond acceptors (Lipinski definition) is 6. The summed E-state index contributed by atoms with van der Waals surface area (Å²) in [7, 11) is 3.12. The molecule has 1 aliphatic carbocycles. The third kappa shape index (κ3) is 5.30. The van der Waals surface area contributed by atoms with Crippen molar-refractivity contribution in [1.82, 2.24) is 9.88 Å². The lowest BCUT2D eigenvalue weighted by Gasteiger charge is -2.34. The van der Waals surface area contributed by atoms with E-state index in [2.05, 4.69) is 15.6 Å². The second-order valence-corrected chi connectivity index (χ2v) is 12.1. The van der Waals surface area contributed by atoms with Gasteiger partial charge in [-0.05, 0) is 54.7 Å². The normalized spacial score (nSPS) is 18.0. The minimum atomic E-state index is -0.772. The average Bonchev–Trinajstić information content (AvgIpc) is 3.48. The predicted octanol–water partition coefficient (Wildman–Crippen LogP) is 4.76. The molecule has 3 amide bonds. The van der Waals surface area contributed by atoms with E-state index in [1.807, 2.05) is 75.4 Å². The lowest BCUT2D eigenvalue weighted by molar-refractivity contribution is -0.146. The molecule has 2 aliphatic rings. The molecule has 9 nitrogen and oxygen atoms in total. The number of pyridine rings is 1. The molecule has 42 heavy (non-hydrogen) atoms. The van der Waals surface area contributed by atoms with Crippen LogP contribution in [0, 0.1) is 5.41 Å². The van der Waals surface area contributed by atoms with Crippen LogP contribution in [0.1, 0.15) is 61.8 Å². The first-order chi connectivity index (χ1) is 20.0. The van der Waals surface area contributed by atoms with Gasteiger partial charge in [0.15, 0.2) is 6.29 Å². The summed E-state index contributed by atoms with van der Waals surface area (Å²) in [5.41, 5.74) is 3.83. The van der Waals surface area contributed by atoms with Gasteiger partial charge in [0.2, 0.25) is 17.7 Å². The summed E-state index contributed by atoms with van der Waals surface area (Å²) >= 11 is 0. The topological polar surface area (TPSA) is 110 Å². The highest BCUT2D eigenvalue weighted by atomic mass is 16.7. The van der Waals surface area contributed by atoms with Gasteiger partial charge in [-0.25, -0.2) is 4.98 Å². The molecular formula is C33H38N4O5. The third-order valence-corrected chi connectivity index (χ3v) is 8.28. The van der Waals surface area contributed by atoms with E-state index in [0.717, 1.165) is 27.8 Å². The van der Waals surface area contributed by atoms with E-state index in [-0.39, 0.29) is 24.3 Å². The summed E-state index contributed by atoms with van der Waals surface area (Å²) in [5.74, 6) is 0.111. The predicted molar refractivity (Wildman–Crippen MR) is 160 cm³/mol. The number of benzene rings is 2. The maximum absolute atomic E-state index is 13.7. The molecule has 9 heteroatoms. The van der Waals surface area contributed by atoms with E-state index in [4.69, 9.17) is 9.47 Å². The maximum atomic E-state index is 13.7. The first-order valence-electron chi connectivity index (χ1n) is 14.1. The Labute approximate surface area is 246 Å². The molecule has 0 saturated carbocycles. The fourth-order valence-electron chi connectivity index (χ4n) is 5.99. The summed E-state index contributed by atoms with van der Waals surface area (Å²) in [6.45, 7) is 7.47. The number of aromatic nitrogens is 1. The second-order valence-electron chi connectivity index (χ2n) is 12.1. The van der Waals surface area contributed by atoms with E-state index in [0.29, 0.717) is 24.3 Å². The molecule has 0 bridgehead atoms. The molecule has 0 saturated heterocycles. The number of carbonyl (C=O) groups excluding carboxylic acids is 3. The summed E-state index contributed by atoms with van der Waals surface area (Å²) in [5, 5.41) is 5.95. The zero-order valence-electron chi connectivity index (χ0n) is 25.0. The van der Waals surface area contributed by atoms with Crippen molar-refractivity contribution < 1.29 is 23.9 Å². The van der Waals surface area contributed by atoms with Crippen LogP contribution in [-0.2, 0) is 48.7 Å². The van der Waals surface area contributed by atoms with Crippen LogP contribution in [0.5, 0.6) is 0 Å². The van der Waals surface area contributed by atoms with Crippen LogP contribution in [0.15, 0.2) is 60.8 Å². The van der Waals surface area contributed by atoms with Crippen molar-refractivity contribution in [1.29, 1.82) is 0 Å². The van der Waals surface area contributed by atoms with Crippen molar-refractivity contribution in [3.63, 3.8) is 0 Å². The lowest BCUT2D eigenvalue weighted by atomic mass is 9.79. The van der Waals surface area contributed by atoms with Gasteiger partial charge in [-0.1, -0.05) is 57.2 Å². The molecule has 2 atom stereocenters. The minimum absolute atomic E-state index is 0.0487. The summed E-state index contributed by atoms with van der Waals surface area (Å²) < 4.78 is 11.0. The molecule has 2 heterocycles. The SMILES string of the molecule is COC(OC)c1ccccc1CN(C(=O)C(C)(C)C)[C@H](C)C(=O)Nc1ccc2c(c1)CC1(C2)C(=O)Nc2ncccc21. The van der Waals surface area contributed by atoms with Gasteiger partial charge in [-0.3, -0.25) is 14.4 Å². The van der Waals surface area contributed by atoms with Crippen LogP contribution >= 0.6 is 0 Å². The Kier molecular flexibility index (Phi) is 7.92. The van der Waals surface area contributed by atoms with Gasteiger partial charge < -0.3 is 25.0 Å². The Hall–Kier alpha value is -4.08. The zero-order chi connectivity index (χ0) is 30.2. The van der Waals surface area contributed by atoms with Crippen molar-refractivity contribution in [2.75, 3.05) is 24.9 Å². The number of nitrogens with zero attached hydrogens (tertiary/aromatic N) is 2. The molecule has 1 unspecified atom stereocenters. The van der Waals surface area contributed by atoms with E-state index in [9.17, 15) is 14.4 Å². The van der Waals surface area contributed by atoms with Crippen molar-refractivity contribution in [2.24, 2.45) is 5.41 Å². The molecule has 220 valence electrons. The number of nitrogens with one attached hydrogen (secondary N) is 2. The minimum Gasteiger partial charge on any atom is -0.352 e. The lowest BCUT2D eigenvalue weighted by Crippen LogP contribution is -2.49. The van der Waals surface area contributed by atoms with Crippen molar-refractivity contribution in [3.8, 4) is 0 Å². The van der Waals surface area contributed by atoms with E-state index in [1.165, 1.54) is 0 Å². The van der Waals surface area contributed by atoms with Gasteiger partial charge in [-0.2, -0.15) is 0 Å². The fourth-order valence-corrected chi connectivity index (χ4v) is 5.99. The zero-order valence-corrected chi connectivity index (χ0v) is 25.0. The second kappa shape index (κ2) is 11.3. The van der Waals surface area contributed by atoms with Crippen LogP contribution < -0.4 is 10.6 Å². The number of ether oxygens (including phenoxy) is 2. The number of hydrogen-bond donors (Lipinski definition) is 2. The standard InChI is InChI=1S/C33H38N4O5/c1-20(37(31(40)32(2,3)4)19-22-10-7-8-11-25(22)29(41-5)42-6)28(38)35-24-14-13-21-17-33(18-23(21)16-24)26-12-9-15-34-27(26)36-30(33)39/h7-16,20,29H,17-19H2,1-6H3,(H,35,38)(H,34,36,39)/t20-,33?/m1/s1. The molecule has 1 aromatic heterocycles. The monoisotopic (exact) mass is 570 g/mol. The van der Waals surface area contributed by atoms with Crippen molar-refractivity contribution >= 4 is 29.2 Å². The maximum Gasteiger partial charge on any atom is 0.246 e. The highest BCUT2D eigenvalue weighted by Crippen LogP contribution is 2.47. The summed E-state index contributed by atoms with van der Waals surface area (Å²) in [6, 6.07) is 16.4. The summed E-state index contributed by atoms with van der Waals surface area (Å²) in [6.07, 6.45) is 2.18. The van der Waals surface area contributed by atoms with Gasteiger partial charge >= 0.3 is 0 Å². The number of methoxy groups -OCH3 is 2. The van der Waals surface area contributed by atoms with E-state index >= 15 is 0 Å². The Balaban J connectivity index is 1.37. The third-order valence-electron chi connectivity index (χ3n) is 8.28. The molecule has 1 spiro atoms. The molecule has 0 fully saturated rings. The van der Waals surface area contributed by atoms with Crippen molar-refractivity contribution in [3.05, 3.63) is 88.6 Å². The molecular weight excluding hydrogens is 532 g/mol. The Bertz CT molecular complexity index is 1530. The van der Waals surface area contributed by atoms with Gasteiger partial charge in [-0.15, -0.1) is 0 Å². The van der Waals surface area contributed by atoms with Gasteiger partial charge in [0, 0.05) is 49.2 Å². The number of amides is 3. The van der Waals surface area contributed by atoms with Gasteiger partial charge in [0.1, 0.15) is 11.9 Å².